The van der Waals surface area contributed by atoms with Crippen molar-refractivity contribution in [2.24, 2.45) is 0 Å². The zero-order valence-electron chi connectivity index (χ0n) is 15.4. The van der Waals surface area contributed by atoms with Gasteiger partial charge in [-0.1, -0.05) is 30.3 Å². The molecule has 0 aliphatic heterocycles. The summed E-state index contributed by atoms with van der Waals surface area (Å²) in [5.41, 5.74) is 3.95. The average Bonchev–Trinajstić information content (AvgIpc) is 2.69. The largest absolute Gasteiger partial charge is 0.508 e. The van der Waals surface area contributed by atoms with Gasteiger partial charge in [-0.25, -0.2) is 0 Å². The Bertz CT molecular complexity index is 855. The molecule has 0 amide bonds. The predicted octanol–water partition coefficient (Wildman–Crippen LogP) is 4.80. The second kappa shape index (κ2) is 9.10. The molecule has 0 radical (unpaired) electrons. The van der Waals surface area contributed by atoms with Crippen molar-refractivity contribution in [1.29, 1.82) is 0 Å². The van der Waals surface area contributed by atoms with Gasteiger partial charge in [-0.05, 0) is 65.6 Å². The maximum atomic E-state index is 10.1. The van der Waals surface area contributed by atoms with Crippen LogP contribution < -0.4 is 4.74 Å². The van der Waals surface area contributed by atoms with Crippen LogP contribution in [0.25, 0.3) is 0 Å². The molecular weight excluding hydrogens is 340 g/mol. The minimum absolute atomic E-state index is 0.234. The lowest BCUT2D eigenvalue weighted by Crippen LogP contribution is -1.98. The minimum Gasteiger partial charge on any atom is -0.508 e. The van der Waals surface area contributed by atoms with E-state index < -0.39 is 0 Å². The maximum Gasteiger partial charge on any atom is 0.119 e. The highest BCUT2D eigenvalue weighted by molar-refractivity contribution is 5.40. The quantitative estimate of drug-likeness (QED) is 0.602. The molecule has 0 fully saturated rings. The Morgan fingerprint density at radius 3 is 2.11 bits per heavy atom. The van der Waals surface area contributed by atoms with Crippen LogP contribution in [0.2, 0.25) is 0 Å². The lowest BCUT2D eigenvalue weighted by Gasteiger charge is -2.10. The third-order valence-electron chi connectivity index (χ3n) is 4.28. The summed E-state index contributed by atoms with van der Waals surface area (Å²) in [5.74, 6) is 1.29. The van der Waals surface area contributed by atoms with Crippen molar-refractivity contribution in [1.82, 2.24) is 0 Å². The van der Waals surface area contributed by atoms with Gasteiger partial charge in [-0.2, -0.15) is 0 Å². The van der Waals surface area contributed by atoms with E-state index in [-0.39, 0.29) is 11.5 Å². The van der Waals surface area contributed by atoms with Gasteiger partial charge in [-0.15, -0.1) is 0 Å². The second-order valence-electron chi connectivity index (χ2n) is 6.38. The first kappa shape index (κ1) is 18.8. The molecule has 0 aromatic heterocycles. The SMILES string of the molecule is CCOCc1ccc(OCc2ccc(O)c(Cc3ccc(O)cc3)c2)cc1. The molecule has 0 aliphatic carbocycles. The fraction of sp³-hybridized carbons (Fsp3) is 0.217. The fourth-order valence-electron chi connectivity index (χ4n) is 2.77. The van der Waals surface area contributed by atoms with E-state index in [9.17, 15) is 10.2 Å². The van der Waals surface area contributed by atoms with Gasteiger partial charge in [0.15, 0.2) is 0 Å². The van der Waals surface area contributed by atoms with E-state index in [1.807, 2.05) is 55.5 Å². The second-order valence-corrected chi connectivity index (χ2v) is 6.38. The van der Waals surface area contributed by atoms with Gasteiger partial charge in [0, 0.05) is 13.0 Å². The first-order valence-electron chi connectivity index (χ1n) is 9.02. The summed E-state index contributed by atoms with van der Waals surface area (Å²) >= 11 is 0. The first-order valence-corrected chi connectivity index (χ1v) is 9.02. The van der Waals surface area contributed by atoms with Crippen LogP contribution in [0.5, 0.6) is 17.2 Å². The molecule has 0 saturated carbocycles. The molecular formula is C23H24O4. The molecule has 4 nitrogen and oxygen atoms in total. The molecule has 0 spiro atoms. The summed E-state index contributed by atoms with van der Waals surface area (Å²) in [6, 6.07) is 20.4. The van der Waals surface area contributed by atoms with E-state index in [0.29, 0.717) is 26.2 Å². The highest BCUT2D eigenvalue weighted by Crippen LogP contribution is 2.24. The fourth-order valence-corrected chi connectivity index (χ4v) is 2.77. The van der Waals surface area contributed by atoms with Gasteiger partial charge in [0.2, 0.25) is 0 Å². The van der Waals surface area contributed by atoms with Crippen molar-refractivity contribution in [3.8, 4) is 17.2 Å². The van der Waals surface area contributed by atoms with E-state index in [0.717, 1.165) is 28.0 Å². The van der Waals surface area contributed by atoms with Crippen LogP contribution in [0, 0.1) is 0 Å². The number of benzene rings is 3. The molecule has 0 unspecified atom stereocenters. The van der Waals surface area contributed by atoms with Crippen molar-refractivity contribution in [3.05, 3.63) is 89.0 Å². The van der Waals surface area contributed by atoms with Crippen molar-refractivity contribution in [3.63, 3.8) is 0 Å². The number of aromatic hydroxyl groups is 2. The Kier molecular flexibility index (Phi) is 6.34. The molecule has 0 bridgehead atoms. The standard InChI is InChI=1S/C23H24O4/c1-2-26-15-18-5-10-22(11-6-18)27-16-19-7-12-23(25)20(14-19)13-17-3-8-21(24)9-4-17/h3-12,14,24-25H,2,13,15-16H2,1H3. The predicted molar refractivity (Wildman–Crippen MR) is 105 cm³/mol. The summed E-state index contributed by atoms with van der Waals surface area (Å²) in [4.78, 5) is 0. The lowest BCUT2D eigenvalue weighted by atomic mass is 10.0. The first-order chi connectivity index (χ1) is 13.1. The van der Waals surface area contributed by atoms with Crippen LogP contribution in [0.1, 0.15) is 29.2 Å². The maximum absolute atomic E-state index is 10.1. The number of hydrogen-bond acceptors (Lipinski definition) is 4. The molecule has 27 heavy (non-hydrogen) atoms. The number of hydrogen-bond donors (Lipinski definition) is 2. The van der Waals surface area contributed by atoms with Crippen molar-refractivity contribution < 1.29 is 19.7 Å². The zero-order valence-corrected chi connectivity index (χ0v) is 15.4. The van der Waals surface area contributed by atoms with Crippen LogP contribution in [0.4, 0.5) is 0 Å². The molecule has 0 aliphatic rings. The Morgan fingerprint density at radius 2 is 1.41 bits per heavy atom. The summed E-state index contributed by atoms with van der Waals surface area (Å²) in [7, 11) is 0. The van der Waals surface area contributed by atoms with E-state index in [2.05, 4.69) is 0 Å². The zero-order chi connectivity index (χ0) is 19.1. The summed E-state index contributed by atoms with van der Waals surface area (Å²) < 4.78 is 11.2. The van der Waals surface area contributed by atoms with Crippen molar-refractivity contribution in [2.45, 2.75) is 26.6 Å². The van der Waals surface area contributed by atoms with Crippen LogP contribution in [-0.4, -0.2) is 16.8 Å². The number of ether oxygens (including phenoxy) is 2. The van der Waals surface area contributed by atoms with Gasteiger partial charge >= 0.3 is 0 Å². The highest BCUT2D eigenvalue weighted by atomic mass is 16.5. The normalized spacial score (nSPS) is 10.7. The third kappa shape index (κ3) is 5.50. The molecule has 0 saturated heterocycles. The van der Waals surface area contributed by atoms with Crippen LogP contribution >= 0.6 is 0 Å². The molecule has 2 N–H and O–H groups in total. The Hall–Kier alpha value is -2.98. The van der Waals surface area contributed by atoms with E-state index in [4.69, 9.17) is 9.47 Å². The molecule has 3 aromatic carbocycles. The summed E-state index contributed by atoms with van der Waals surface area (Å²) in [6.07, 6.45) is 0.589. The monoisotopic (exact) mass is 364 g/mol. The minimum atomic E-state index is 0.234. The molecule has 3 rings (SSSR count). The molecule has 4 heteroatoms. The van der Waals surface area contributed by atoms with Gasteiger partial charge < -0.3 is 19.7 Å². The summed E-state index contributed by atoms with van der Waals surface area (Å²) in [5, 5.41) is 19.5. The Morgan fingerprint density at radius 1 is 0.741 bits per heavy atom. The number of phenolic OH excluding ortho intramolecular Hbond substituents is 2. The molecule has 140 valence electrons. The van der Waals surface area contributed by atoms with E-state index in [1.165, 1.54) is 0 Å². The van der Waals surface area contributed by atoms with Crippen LogP contribution in [-0.2, 0) is 24.4 Å². The number of phenols is 2. The molecule has 3 aromatic rings. The third-order valence-corrected chi connectivity index (χ3v) is 4.28. The van der Waals surface area contributed by atoms with Crippen molar-refractivity contribution in [2.75, 3.05) is 6.61 Å². The lowest BCUT2D eigenvalue weighted by molar-refractivity contribution is 0.134. The Balaban J connectivity index is 1.62. The topological polar surface area (TPSA) is 58.9 Å². The van der Waals surface area contributed by atoms with E-state index in [1.54, 1.807) is 18.2 Å². The summed E-state index contributed by atoms with van der Waals surface area (Å²) in [6.45, 7) is 3.71. The van der Waals surface area contributed by atoms with Crippen LogP contribution in [0.3, 0.4) is 0 Å². The van der Waals surface area contributed by atoms with E-state index >= 15 is 0 Å². The van der Waals surface area contributed by atoms with Gasteiger partial charge in [-0.3, -0.25) is 0 Å². The van der Waals surface area contributed by atoms with Gasteiger partial charge in [0.05, 0.1) is 6.61 Å². The smallest absolute Gasteiger partial charge is 0.119 e. The van der Waals surface area contributed by atoms with Gasteiger partial charge in [0.25, 0.3) is 0 Å². The van der Waals surface area contributed by atoms with Crippen molar-refractivity contribution >= 4 is 0 Å². The van der Waals surface area contributed by atoms with Crippen LogP contribution in [0.15, 0.2) is 66.7 Å². The number of rotatable bonds is 8. The molecule has 0 heterocycles. The Labute approximate surface area is 159 Å². The van der Waals surface area contributed by atoms with Gasteiger partial charge in [0.1, 0.15) is 23.9 Å². The average molecular weight is 364 g/mol. The highest BCUT2D eigenvalue weighted by Gasteiger charge is 2.06. The molecule has 0 atom stereocenters.